The SMILES string of the molecule is CCCCCCC/C=C/CC/C=C/CC/C=C/C(O)C(COC1OC(CO)C(O)C(O)C1O)NC(=O)CC/C=C\C/C=C\CCCCCCCC. The van der Waals surface area contributed by atoms with Gasteiger partial charge in [0, 0.05) is 6.42 Å². The first kappa shape index (κ1) is 46.9. The standard InChI is InChI=1S/C42H73NO8/c1-3-5-7-9-11-13-15-17-18-20-21-23-25-27-29-31-36(45)35(34-50-42-41(49)40(48)39(47)37(33-44)51-42)43-38(46)32-30-28-26-24-22-19-16-14-12-10-8-6-4-2/h15,17,19,21-23,26,28-29,31,35-37,39-42,44-45,47-49H,3-14,16,18,20,24-25,27,30,32-34H2,1-2H3,(H,43,46)/b17-15+,22-19-,23-21+,28-26-,31-29+. The molecule has 7 unspecified atom stereocenters. The number of ether oxygens (including phenoxy) is 2. The molecule has 0 aromatic rings. The van der Waals surface area contributed by atoms with Gasteiger partial charge in [0.15, 0.2) is 6.29 Å². The second kappa shape index (κ2) is 32.5. The molecular weight excluding hydrogens is 646 g/mol. The molecule has 9 nitrogen and oxygen atoms in total. The van der Waals surface area contributed by atoms with Gasteiger partial charge >= 0.3 is 0 Å². The number of hydrogen-bond acceptors (Lipinski definition) is 8. The van der Waals surface area contributed by atoms with Crippen LogP contribution in [0.4, 0.5) is 0 Å². The number of aliphatic hydroxyl groups is 5. The van der Waals surface area contributed by atoms with Gasteiger partial charge in [0.2, 0.25) is 5.91 Å². The van der Waals surface area contributed by atoms with Crippen LogP contribution in [0.1, 0.15) is 142 Å². The molecule has 0 aromatic heterocycles. The van der Waals surface area contributed by atoms with Crippen molar-refractivity contribution < 1.29 is 39.8 Å². The van der Waals surface area contributed by atoms with Crippen LogP contribution in [0.15, 0.2) is 60.8 Å². The summed E-state index contributed by atoms with van der Waals surface area (Å²) in [6.45, 7) is 3.65. The minimum Gasteiger partial charge on any atom is -0.394 e. The van der Waals surface area contributed by atoms with E-state index in [1.807, 2.05) is 18.2 Å². The molecule has 6 N–H and O–H groups in total. The average Bonchev–Trinajstić information content (AvgIpc) is 3.13. The second-order valence-electron chi connectivity index (χ2n) is 13.7. The van der Waals surface area contributed by atoms with Gasteiger partial charge in [0.1, 0.15) is 24.4 Å². The van der Waals surface area contributed by atoms with E-state index >= 15 is 0 Å². The molecule has 9 heteroatoms. The highest BCUT2D eigenvalue weighted by atomic mass is 16.7. The number of carbonyl (C=O) groups is 1. The Labute approximate surface area is 309 Å². The molecule has 1 heterocycles. The van der Waals surface area contributed by atoms with Crippen molar-refractivity contribution in [2.75, 3.05) is 13.2 Å². The molecule has 0 saturated carbocycles. The van der Waals surface area contributed by atoms with E-state index in [-0.39, 0.29) is 18.9 Å². The Morgan fingerprint density at radius 1 is 0.667 bits per heavy atom. The van der Waals surface area contributed by atoms with Crippen molar-refractivity contribution in [2.45, 2.75) is 185 Å². The Kier molecular flexibility index (Phi) is 29.9. The van der Waals surface area contributed by atoms with E-state index in [1.54, 1.807) is 6.08 Å². The highest BCUT2D eigenvalue weighted by molar-refractivity contribution is 5.76. The van der Waals surface area contributed by atoms with Gasteiger partial charge in [-0.25, -0.2) is 0 Å². The van der Waals surface area contributed by atoms with Crippen LogP contribution in [-0.2, 0) is 14.3 Å². The lowest BCUT2D eigenvalue weighted by atomic mass is 9.99. The molecule has 51 heavy (non-hydrogen) atoms. The highest BCUT2D eigenvalue weighted by Crippen LogP contribution is 2.22. The topological polar surface area (TPSA) is 149 Å². The van der Waals surface area contributed by atoms with Crippen LogP contribution < -0.4 is 5.32 Å². The third-order valence-corrected chi connectivity index (χ3v) is 9.06. The van der Waals surface area contributed by atoms with Crippen molar-refractivity contribution in [3.8, 4) is 0 Å². The fraction of sp³-hybridized carbons (Fsp3) is 0.738. The van der Waals surface area contributed by atoms with Crippen molar-refractivity contribution in [3.63, 3.8) is 0 Å². The normalized spacial score (nSPS) is 22.7. The van der Waals surface area contributed by atoms with Crippen molar-refractivity contribution in [2.24, 2.45) is 0 Å². The molecule has 0 aromatic carbocycles. The van der Waals surface area contributed by atoms with Gasteiger partial charge in [-0.2, -0.15) is 0 Å². The predicted octanol–water partition coefficient (Wildman–Crippen LogP) is 7.27. The summed E-state index contributed by atoms with van der Waals surface area (Å²) in [5.41, 5.74) is 0. The zero-order valence-electron chi connectivity index (χ0n) is 31.8. The van der Waals surface area contributed by atoms with Crippen LogP contribution >= 0.6 is 0 Å². The monoisotopic (exact) mass is 720 g/mol. The van der Waals surface area contributed by atoms with Gasteiger partial charge in [-0.05, 0) is 64.2 Å². The molecular formula is C42H73NO8. The summed E-state index contributed by atoms with van der Waals surface area (Å²) in [6, 6.07) is -0.857. The van der Waals surface area contributed by atoms with Gasteiger partial charge in [-0.3, -0.25) is 4.79 Å². The van der Waals surface area contributed by atoms with E-state index in [2.05, 4.69) is 55.6 Å². The lowest BCUT2D eigenvalue weighted by Crippen LogP contribution is -2.60. The zero-order chi connectivity index (χ0) is 37.4. The van der Waals surface area contributed by atoms with Gasteiger partial charge in [0.25, 0.3) is 0 Å². The number of hydrogen-bond donors (Lipinski definition) is 6. The minimum absolute atomic E-state index is 0.226. The molecule has 0 bridgehead atoms. The molecule has 294 valence electrons. The molecule has 0 aliphatic carbocycles. The van der Waals surface area contributed by atoms with Crippen LogP contribution in [0.25, 0.3) is 0 Å². The summed E-state index contributed by atoms with van der Waals surface area (Å²) in [7, 11) is 0. The van der Waals surface area contributed by atoms with Crippen molar-refractivity contribution in [3.05, 3.63) is 60.8 Å². The predicted molar refractivity (Wildman–Crippen MR) is 207 cm³/mol. The Bertz CT molecular complexity index is 978. The quantitative estimate of drug-likeness (QED) is 0.0324. The number of rotatable bonds is 31. The van der Waals surface area contributed by atoms with Gasteiger partial charge < -0.3 is 40.3 Å². The van der Waals surface area contributed by atoms with Crippen molar-refractivity contribution >= 4 is 5.91 Å². The summed E-state index contributed by atoms with van der Waals surface area (Å²) in [4.78, 5) is 12.8. The summed E-state index contributed by atoms with van der Waals surface area (Å²) < 4.78 is 11.1. The second-order valence-corrected chi connectivity index (χ2v) is 13.7. The highest BCUT2D eigenvalue weighted by Gasteiger charge is 2.44. The fourth-order valence-corrected chi connectivity index (χ4v) is 5.76. The van der Waals surface area contributed by atoms with E-state index < -0.39 is 49.5 Å². The van der Waals surface area contributed by atoms with Crippen molar-refractivity contribution in [1.82, 2.24) is 5.32 Å². The Balaban J connectivity index is 2.54. The van der Waals surface area contributed by atoms with E-state index in [9.17, 15) is 30.3 Å². The zero-order valence-corrected chi connectivity index (χ0v) is 31.8. The number of amides is 1. The third-order valence-electron chi connectivity index (χ3n) is 9.06. The van der Waals surface area contributed by atoms with Gasteiger partial charge in [-0.1, -0.05) is 132 Å². The van der Waals surface area contributed by atoms with Crippen molar-refractivity contribution in [1.29, 1.82) is 0 Å². The van der Waals surface area contributed by atoms with Crippen LogP contribution in [0, 0.1) is 0 Å². The molecule has 0 spiro atoms. The first-order valence-corrected chi connectivity index (χ1v) is 20.0. The summed E-state index contributed by atoms with van der Waals surface area (Å²) in [5.74, 6) is -0.262. The van der Waals surface area contributed by atoms with E-state index in [4.69, 9.17) is 9.47 Å². The summed E-state index contributed by atoms with van der Waals surface area (Å²) in [5, 5.41) is 53.8. The molecule has 7 atom stereocenters. The Hall–Kier alpha value is -2.11. The number of allylic oxidation sites excluding steroid dienone is 9. The van der Waals surface area contributed by atoms with E-state index in [0.717, 1.165) is 38.5 Å². The molecule has 1 saturated heterocycles. The number of unbranched alkanes of at least 4 members (excludes halogenated alkanes) is 13. The minimum atomic E-state index is -1.58. The molecule has 0 radical (unpaired) electrons. The largest absolute Gasteiger partial charge is 0.394 e. The first-order chi connectivity index (χ1) is 24.8. The third kappa shape index (κ3) is 24.0. The Morgan fingerprint density at radius 3 is 1.76 bits per heavy atom. The number of aliphatic hydroxyl groups excluding tert-OH is 5. The molecule has 1 rings (SSSR count). The summed E-state index contributed by atoms with van der Waals surface area (Å²) >= 11 is 0. The molecule has 1 aliphatic rings. The Morgan fingerprint density at radius 2 is 1.18 bits per heavy atom. The van der Waals surface area contributed by atoms with Crippen LogP contribution in [0.3, 0.4) is 0 Å². The van der Waals surface area contributed by atoms with Gasteiger partial charge in [-0.15, -0.1) is 0 Å². The van der Waals surface area contributed by atoms with Crippen LogP contribution in [-0.4, -0.2) is 87.5 Å². The molecule has 1 aliphatic heterocycles. The summed E-state index contributed by atoms with van der Waals surface area (Å²) in [6.07, 6.45) is 34.2. The maximum atomic E-state index is 12.8. The molecule has 1 fully saturated rings. The molecule has 1 amide bonds. The number of nitrogens with one attached hydrogen (secondary N) is 1. The fourth-order valence-electron chi connectivity index (χ4n) is 5.76. The maximum absolute atomic E-state index is 12.8. The lowest BCUT2D eigenvalue weighted by Gasteiger charge is -2.40. The van der Waals surface area contributed by atoms with Crippen LogP contribution in [0.2, 0.25) is 0 Å². The van der Waals surface area contributed by atoms with E-state index in [1.165, 1.54) is 70.6 Å². The average molecular weight is 720 g/mol. The van der Waals surface area contributed by atoms with E-state index in [0.29, 0.717) is 12.8 Å². The van der Waals surface area contributed by atoms with Crippen LogP contribution in [0.5, 0.6) is 0 Å². The van der Waals surface area contributed by atoms with Gasteiger partial charge in [0.05, 0.1) is 25.4 Å². The smallest absolute Gasteiger partial charge is 0.220 e. The first-order valence-electron chi connectivity index (χ1n) is 20.0. The number of carbonyl (C=O) groups excluding carboxylic acids is 1. The maximum Gasteiger partial charge on any atom is 0.220 e. The lowest BCUT2D eigenvalue weighted by molar-refractivity contribution is -0.302.